The first-order chi connectivity index (χ1) is 21.5. The topological polar surface area (TPSA) is 61.4 Å². The van der Waals surface area contributed by atoms with Crippen molar-refractivity contribution in [3.8, 4) is 11.1 Å². The maximum Gasteiger partial charge on any atom is 0.256 e. The quantitative estimate of drug-likeness (QED) is 0.187. The van der Waals surface area contributed by atoms with Gasteiger partial charge in [0.1, 0.15) is 0 Å². The van der Waals surface area contributed by atoms with E-state index in [1.807, 2.05) is 109 Å². The van der Waals surface area contributed by atoms with Crippen LogP contribution in [0.3, 0.4) is 0 Å². The van der Waals surface area contributed by atoms with Gasteiger partial charge in [-0.2, -0.15) is 0 Å². The third-order valence-electron chi connectivity index (χ3n) is 8.31. The first-order valence-corrected chi connectivity index (χ1v) is 15.3. The van der Waals surface area contributed by atoms with Crippen LogP contribution in [0.25, 0.3) is 11.1 Å². The summed E-state index contributed by atoms with van der Waals surface area (Å²) < 4.78 is 0. The van der Waals surface area contributed by atoms with E-state index >= 15 is 0 Å². The Morgan fingerprint density at radius 1 is 0.659 bits per heavy atom. The van der Waals surface area contributed by atoms with Gasteiger partial charge in [0.25, 0.3) is 5.91 Å². The molecular formula is C38H34ClN3O2. The van der Waals surface area contributed by atoms with Crippen LogP contribution >= 0.6 is 11.6 Å². The van der Waals surface area contributed by atoms with E-state index in [9.17, 15) is 9.59 Å². The normalized spacial score (nSPS) is 14.1. The second-order valence-corrected chi connectivity index (χ2v) is 11.6. The predicted molar refractivity (Wildman–Crippen MR) is 180 cm³/mol. The Bertz CT molecular complexity index is 1700. The summed E-state index contributed by atoms with van der Waals surface area (Å²) in [5, 5.41) is 6.85. The largest absolute Gasteiger partial charge is 0.372 e. The molecule has 5 nitrogen and oxygen atoms in total. The number of benzene rings is 5. The van der Waals surface area contributed by atoms with Gasteiger partial charge in [-0.05, 0) is 90.0 Å². The zero-order chi connectivity index (χ0) is 30.3. The highest BCUT2D eigenvalue weighted by Gasteiger charge is 2.33. The van der Waals surface area contributed by atoms with Gasteiger partial charge in [-0.3, -0.25) is 9.59 Å². The van der Waals surface area contributed by atoms with Crippen LogP contribution in [0.4, 0.5) is 17.1 Å². The molecule has 44 heavy (non-hydrogen) atoms. The maximum atomic E-state index is 13.5. The molecule has 0 aliphatic carbocycles. The molecule has 5 aromatic rings. The second-order valence-electron chi connectivity index (χ2n) is 11.1. The zero-order valence-corrected chi connectivity index (χ0v) is 25.1. The Labute approximate surface area is 263 Å². The van der Waals surface area contributed by atoms with Crippen molar-refractivity contribution in [2.45, 2.75) is 18.8 Å². The van der Waals surface area contributed by atoms with Gasteiger partial charge in [-0.25, -0.2) is 0 Å². The summed E-state index contributed by atoms with van der Waals surface area (Å²) in [6, 6.07) is 42.8. The number of anilines is 3. The van der Waals surface area contributed by atoms with E-state index in [2.05, 4.69) is 39.8 Å². The van der Waals surface area contributed by atoms with Crippen molar-refractivity contribution in [3.63, 3.8) is 0 Å². The summed E-state index contributed by atoms with van der Waals surface area (Å²) in [7, 11) is 0. The molecule has 0 saturated carbocycles. The van der Waals surface area contributed by atoms with Crippen LogP contribution < -0.4 is 15.5 Å². The average molecular weight is 600 g/mol. The molecule has 1 saturated heterocycles. The van der Waals surface area contributed by atoms with E-state index < -0.39 is 0 Å². The molecule has 0 bridgehead atoms. The predicted octanol–water partition coefficient (Wildman–Crippen LogP) is 8.90. The maximum absolute atomic E-state index is 13.5. The number of nitrogens with zero attached hydrogens (tertiary/aromatic N) is 1. The van der Waals surface area contributed by atoms with Crippen molar-refractivity contribution >= 4 is 40.5 Å². The molecule has 2 amide bonds. The molecule has 1 aliphatic heterocycles. The molecule has 1 atom stereocenters. The highest BCUT2D eigenvalue weighted by molar-refractivity contribution is 6.30. The molecule has 220 valence electrons. The first kappa shape index (κ1) is 29.2. The van der Waals surface area contributed by atoms with E-state index in [0.717, 1.165) is 59.7 Å². The summed E-state index contributed by atoms with van der Waals surface area (Å²) in [6.07, 6.45) is 1.81. The SMILES string of the molecule is O=C(Nc1ccc(N2CCC(C(C(=O)Nc3ccccc3)c3ccccc3)CC2)cc1)c1ccccc1-c1ccc(Cl)cc1. The van der Waals surface area contributed by atoms with Gasteiger partial charge in [-0.15, -0.1) is 0 Å². The molecule has 0 radical (unpaired) electrons. The minimum atomic E-state index is -0.216. The van der Waals surface area contributed by atoms with Crippen molar-refractivity contribution < 1.29 is 9.59 Å². The van der Waals surface area contributed by atoms with E-state index in [1.165, 1.54) is 0 Å². The molecule has 0 spiro atoms. The molecule has 1 heterocycles. The van der Waals surface area contributed by atoms with Crippen LogP contribution in [0.15, 0.2) is 133 Å². The lowest BCUT2D eigenvalue weighted by molar-refractivity contribution is -0.118. The van der Waals surface area contributed by atoms with Crippen LogP contribution in [0.5, 0.6) is 0 Å². The fraction of sp³-hybridized carbons (Fsp3) is 0.158. The van der Waals surface area contributed by atoms with Crippen molar-refractivity contribution in [2.75, 3.05) is 28.6 Å². The zero-order valence-electron chi connectivity index (χ0n) is 24.3. The van der Waals surface area contributed by atoms with Gasteiger partial charge < -0.3 is 15.5 Å². The monoisotopic (exact) mass is 599 g/mol. The van der Waals surface area contributed by atoms with Crippen LogP contribution in [0.2, 0.25) is 5.02 Å². The number of hydrogen-bond acceptors (Lipinski definition) is 3. The fourth-order valence-electron chi connectivity index (χ4n) is 6.05. The Kier molecular flexibility index (Phi) is 9.04. The van der Waals surface area contributed by atoms with Gasteiger partial charge in [0.05, 0.1) is 5.92 Å². The lowest BCUT2D eigenvalue weighted by atomic mass is 9.79. The number of halogens is 1. The Morgan fingerprint density at radius 2 is 1.25 bits per heavy atom. The fourth-order valence-corrected chi connectivity index (χ4v) is 6.17. The molecular weight excluding hydrogens is 566 g/mol. The number of carbonyl (C=O) groups excluding carboxylic acids is 2. The van der Waals surface area contributed by atoms with E-state index in [0.29, 0.717) is 10.6 Å². The lowest BCUT2D eigenvalue weighted by Crippen LogP contribution is -2.38. The average Bonchev–Trinajstić information content (AvgIpc) is 3.07. The van der Waals surface area contributed by atoms with Crippen molar-refractivity contribution in [2.24, 2.45) is 5.92 Å². The van der Waals surface area contributed by atoms with Crippen LogP contribution in [0.1, 0.15) is 34.7 Å². The molecule has 1 aliphatic rings. The highest BCUT2D eigenvalue weighted by atomic mass is 35.5. The minimum absolute atomic E-state index is 0.0404. The smallest absolute Gasteiger partial charge is 0.256 e. The third kappa shape index (κ3) is 6.85. The highest BCUT2D eigenvalue weighted by Crippen LogP contribution is 2.35. The molecule has 1 unspecified atom stereocenters. The number of rotatable bonds is 8. The second kappa shape index (κ2) is 13.6. The van der Waals surface area contributed by atoms with E-state index in [1.54, 1.807) is 0 Å². The Morgan fingerprint density at radius 3 is 1.93 bits per heavy atom. The minimum Gasteiger partial charge on any atom is -0.372 e. The number of piperidine rings is 1. The van der Waals surface area contributed by atoms with E-state index in [4.69, 9.17) is 11.6 Å². The molecule has 0 aromatic heterocycles. The summed E-state index contributed by atoms with van der Waals surface area (Å²) in [5.41, 5.74) is 6.10. The summed E-state index contributed by atoms with van der Waals surface area (Å²) in [6.45, 7) is 1.71. The van der Waals surface area contributed by atoms with Gasteiger partial charge in [-0.1, -0.05) is 90.5 Å². The number of amides is 2. The summed E-state index contributed by atoms with van der Waals surface area (Å²) in [4.78, 5) is 29.2. The third-order valence-corrected chi connectivity index (χ3v) is 8.56. The summed E-state index contributed by atoms with van der Waals surface area (Å²) in [5.74, 6) is -0.105. The molecule has 5 aromatic carbocycles. The standard InChI is InChI=1S/C38H34ClN3O2/c39-30-17-15-27(16-18-30)34-13-7-8-14-35(34)37(43)40-32-19-21-33(22-20-32)42-25-23-29(24-26-42)36(28-9-3-1-4-10-28)38(44)41-31-11-5-2-6-12-31/h1-22,29,36H,23-26H2,(H,40,43)(H,41,44). The number of carbonyl (C=O) groups is 2. The summed E-state index contributed by atoms with van der Waals surface area (Å²) >= 11 is 6.06. The van der Waals surface area contributed by atoms with Gasteiger partial charge in [0, 0.05) is 40.7 Å². The number of hydrogen-bond donors (Lipinski definition) is 2. The Balaban J connectivity index is 1.10. The van der Waals surface area contributed by atoms with Gasteiger partial charge in [0.15, 0.2) is 0 Å². The Hall–Kier alpha value is -4.87. The molecule has 6 rings (SSSR count). The van der Waals surface area contributed by atoms with Gasteiger partial charge >= 0.3 is 0 Å². The first-order valence-electron chi connectivity index (χ1n) is 15.0. The number of para-hydroxylation sites is 1. The number of nitrogens with one attached hydrogen (secondary N) is 2. The molecule has 6 heteroatoms. The van der Waals surface area contributed by atoms with Crippen LogP contribution in [-0.4, -0.2) is 24.9 Å². The van der Waals surface area contributed by atoms with Gasteiger partial charge in [0.2, 0.25) is 5.91 Å². The van der Waals surface area contributed by atoms with E-state index in [-0.39, 0.29) is 23.7 Å². The van der Waals surface area contributed by atoms with Crippen molar-refractivity contribution in [1.29, 1.82) is 0 Å². The van der Waals surface area contributed by atoms with Crippen LogP contribution in [-0.2, 0) is 4.79 Å². The molecule has 1 fully saturated rings. The van der Waals surface area contributed by atoms with Crippen LogP contribution in [0, 0.1) is 5.92 Å². The molecule has 2 N–H and O–H groups in total. The lowest BCUT2D eigenvalue weighted by Gasteiger charge is -2.37. The van der Waals surface area contributed by atoms with Crippen molar-refractivity contribution in [1.82, 2.24) is 0 Å². The van der Waals surface area contributed by atoms with Crippen molar-refractivity contribution in [3.05, 3.63) is 150 Å².